The minimum atomic E-state index is -0.308. The molecule has 0 saturated carbocycles. The van der Waals surface area contributed by atoms with Gasteiger partial charge in [0.2, 0.25) is 0 Å². The van der Waals surface area contributed by atoms with E-state index < -0.39 is 0 Å². The number of methoxy groups -OCH3 is 1. The summed E-state index contributed by atoms with van der Waals surface area (Å²) in [5.74, 6) is 1.27. The van der Waals surface area contributed by atoms with Gasteiger partial charge < -0.3 is 14.3 Å². The highest BCUT2D eigenvalue weighted by Crippen LogP contribution is 2.33. The van der Waals surface area contributed by atoms with Gasteiger partial charge in [-0.05, 0) is 49.2 Å². The fourth-order valence-electron chi connectivity index (χ4n) is 2.66. The second kappa shape index (κ2) is 13.0. The van der Waals surface area contributed by atoms with Crippen molar-refractivity contribution in [3.63, 3.8) is 0 Å². The van der Waals surface area contributed by atoms with Crippen molar-refractivity contribution in [3.8, 4) is 11.5 Å². The molecule has 0 aliphatic heterocycles. The fourth-order valence-corrected chi connectivity index (χ4v) is 2.66. The SMILES string of the molecule is CC(C)=O.COc1ccc(C(C)(C)c2ccc(OC(C)=O)cc2)cc1.c1ccccc1. The molecule has 0 aliphatic carbocycles. The number of ether oxygens (including phenoxy) is 2. The summed E-state index contributed by atoms with van der Waals surface area (Å²) in [5, 5.41) is 0. The molecule has 0 fully saturated rings. The number of carbonyl (C=O) groups is 2. The van der Waals surface area contributed by atoms with Crippen LogP contribution in [0.25, 0.3) is 0 Å². The van der Waals surface area contributed by atoms with E-state index in [1.807, 2.05) is 72.8 Å². The van der Waals surface area contributed by atoms with Gasteiger partial charge >= 0.3 is 5.97 Å². The molecule has 0 N–H and O–H groups in total. The molecule has 0 unspecified atom stereocenters. The molecule has 0 saturated heterocycles. The third-order valence-electron chi connectivity index (χ3n) is 4.32. The maximum absolute atomic E-state index is 10.9. The molecule has 164 valence electrons. The smallest absolute Gasteiger partial charge is 0.308 e. The van der Waals surface area contributed by atoms with E-state index in [0.29, 0.717) is 5.75 Å². The molecule has 0 bridgehead atoms. The third-order valence-corrected chi connectivity index (χ3v) is 4.32. The van der Waals surface area contributed by atoms with Crippen LogP contribution < -0.4 is 9.47 Å². The molecule has 0 atom stereocenters. The van der Waals surface area contributed by atoms with E-state index in [4.69, 9.17) is 9.47 Å². The predicted molar refractivity (Wildman–Crippen MR) is 126 cm³/mol. The minimum Gasteiger partial charge on any atom is -0.497 e. The highest BCUT2D eigenvalue weighted by atomic mass is 16.5. The number of hydrogen-bond donors (Lipinski definition) is 0. The Morgan fingerprint density at radius 1 is 0.645 bits per heavy atom. The standard InChI is InChI=1S/C18H20O3.C6H6.C3H6O/c1-13(19)21-17-11-7-15(8-12-17)18(2,3)14-5-9-16(20-4)10-6-14;1-2-4-6-5-3-1;1-3(2)4/h5-12H,1-4H3;1-6H;1-2H3. The molecule has 31 heavy (non-hydrogen) atoms. The zero-order valence-corrected chi connectivity index (χ0v) is 19.2. The first-order valence-electron chi connectivity index (χ1n) is 10.1. The third kappa shape index (κ3) is 9.77. The van der Waals surface area contributed by atoms with Crippen molar-refractivity contribution in [3.05, 3.63) is 96.1 Å². The van der Waals surface area contributed by atoms with Crippen molar-refractivity contribution < 1.29 is 19.1 Å². The van der Waals surface area contributed by atoms with Crippen LogP contribution >= 0.6 is 0 Å². The number of esters is 1. The molecular weight excluding hydrogens is 388 g/mol. The van der Waals surface area contributed by atoms with Crippen LogP contribution in [0.1, 0.15) is 45.7 Å². The van der Waals surface area contributed by atoms with Crippen LogP contribution in [-0.2, 0) is 15.0 Å². The zero-order chi connectivity index (χ0) is 23.3. The lowest BCUT2D eigenvalue weighted by Gasteiger charge is -2.26. The van der Waals surface area contributed by atoms with Crippen LogP contribution in [0.2, 0.25) is 0 Å². The van der Waals surface area contributed by atoms with Crippen molar-refractivity contribution >= 4 is 11.8 Å². The molecule has 0 spiro atoms. The predicted octanol–water partition coefficient (Wildman–Crippen LogP) is 6.23. The summed E-state index contributed by atoms with van der Waals surface area (Å²) in [6.45, 7) is 8.78. The van der Waals surface area contributed by atoms with Crippen LogP contribution in [0.15, 0.2) is 84.9 Å². The summed E-state index contributed by atoms with van der Waals surface area (Å²) in [6, 6.07) is 27.7. The van der Waals surface area contributed by atoms with Crippen molar-refractivity contribution in [2.75, 3.05) is 7.11 Å². The lowest BCUT2D eigenvalue weighted by Crippen LogP contribution is -2.18. The quantitative estimate of drug-likeness (QED) is 0.371. The highest BCUT2D eigenvalue weighted by molar-refractivity contribution is 5.72. The van der Waals surface area contributed by atoms with Gasteiger partial charge in [0.25, 0.3) is 0 Å². The molecule has 3 aromatic carbocycles. The van der Waals surface area contributed by atoms with Crippen molar-refractivity contribution in [2.24, 2.45) is 0 Å². The van der Waals surface area contributed by atoms with Gasteiger partial charge in [0.05, 0.1) is 7.11 Å². The number of hydrogen-bond acceptors (Lipinski definition) is 4. The highest BCUT2D eigenvalue weighted by Gasteiger charge is 2.23. The second-order valence-corrected chi connectivity index (χ2v) is 7.53. The molecular formula is C27H32O4. The van der Waals surface area contributed by atoms with E-state index >= 15 is 0 Å². The molecule has 4 nitrogen and oxygen atoms in total. The Kier molecular flexibility index (Phi) is 10.8. The van der Waals surface area contributed by atoms with E-state index in [2.05, 4.69) is 26.0 Å². The van der Waals surface area contributed by atoms with Gasteiger partial charge in [-0.25, -0.2) is 0 Å². The maximum atomic E-state index is 10.9. The Hall–Kier alpha value is -3.40. The average molecular weight is 421 g/mol. The lowest BCUT2D eigenvalue weighted by atomic mass is 9.78. The molecule has 0 amide bonds. The summed E-state index contributed by atoms with van der Waals surface area (Å²) in [4.78, 5) is 20.4. The van der Waals surface area contributed by atoms with Gasteiger partial charge in [-0.2, -0.15) is 0 Å². The normalized spacial score (nSPS) is 9.87. The summed E-state index contributed by atoms with van der Waals surface area (Å²) in [6.07, 6.45) is 0. The Bertz CT molecular complexity index is 881. The van der Waals surface area contributed by atoms with Gasteiger partial charge in [-0.1, -0.05) is 74.5 Å². The zero-order valence-electron chi connectivity index (χ0n) is 19.2. The topological polar surface area (TPSA) is 52.6 Å². The molecule has 0 aromatic heterocycles. The first kappa shape index (κ1) is 25.6. The molecule has 3 rings (SSSR count). The van der Waals surface area contributed by atoms with E-state index in [9.17, 15) is 9.59 Å². The van der Waals surface area contributed by atoms with E-state index in [1.54, 1.807) is 7.11 Å². The number of rotatable bonds is 4. The number of Topliss-reactive ketones (excluding diaryl/α,β-unsaturated/α-hetero) is 1. The second-order valence-electron chi connectivity index (χ2n) is 7.53. The summed E-state index contributed by atoms with van der Waals surface area (Å²) >= 11 is 0. The van der Waals surface area contributed by atoms with E-state index in [-0.39, 0.29) is 17.2 Å². The molecule has 3 aromatic rings. The average Bonchev–Trinajstić information content (AvgIpc) is 2.75. The van der Waals surface area contributed by atoms with E-state index in [1.165, 1.54) is 26.3 Å². The number of benzene rings is 3. The van der Waals surface area contributed by atoms with Gasteiger partial charge in [0.1, 0.15) is 17.3 Å². The first-order chi connectivity index (χ1) is 14.7. The van der Waals surface area contributed by atoms with Crippen LogP contribution in [0.5, 0.6) is 11.5 Å². The van der Waals surface area contributed by atoms with Gasteiger partial charge in [0, 0.05) is 12.3 Å². The Morgan fingerprint density at radius 2 is 0.968 bits per heavy atom. The largest absolute Gasteiger partial charge is 0.497 e. The van der Waals surface area contributed by atoms with Gasteiger partial charge in [0.15, 0.2) is 0 Å². The number of ketones is 1. The van der Waals surface area contributed by atoms with Crippen molar-refractivity contribution in [1.82, 2.24) is 0 Å². The molecule has 0 radical (unpaired) electrons. The Balaban J connectivity index is 0.000000395. The fraction of sp³-hybridized carbons (Fsp3) is 0.259. The summed E-state index contributed by atoms with van der Waals surface area (Å²) in [7, 11) is 1.66. The van der Waals surface area contributed by atoms with Crippen LogP contribution in [0.3, 0.4) is 0 Å². The lowest BCUT2D eigenvalue weighted by molar-refractivity contribution is -0.131. The molecule has 4 heteroatoms. The van der Waals surface area contributed by atoms with Gasteiger partial charge in [-0.15, -0.1) is 0 Å². The minimum absolute atomic E-state index is 0.138. The van der Waals surface area contributed by atoms with Crippen molar-refractivity contribution in [1.29, 1.82) is 0 Å². The Labute approximate surface area is 185 Å². The number of carbonyl (C=O) groups excluding carboxylic acids is 2. The van der Waals surface area contributed by atoms with Crippen LogP contribution in [0.4, 0.5) is 0 Å². The maximum Gasteiger partial charge on any atom is 0.308 e. The monoisotopic (exact) mass is 420 g/mol. The van der Waals surface area contributed by atoms with Crippen LogP contribution in [0, 0.1) is 0 Å². The van der Waals surface area contributed by atoms with Crippen LogP contribution in [-0.4, -0.2) is 18.9 Å². The van der Waals surface area contributed by atoms with Crippen molar-refractivity contribution in [2.45, 2.75) is 40.0 Å². The molecule has 0 heterocycles. The summed E-state index contributed by atoms with van der Waals surface area (Å²) in [5.41, 5.74) is 2.22. The first-order valence-corrected chi connectivity index (χ1v) is 10.1. The molecule has 0 aliphatic rings. The van der Waals surface area contributed by atoms with E-state index in [0.717, 1.165) is 11.3 Å². The van der Waals surface area contributed by atoms with Gasteiger partial charge in [-0.3, -0.25) is 4.79 Å². The summed E-state index contributed by atoms with van der Waals surface area (Å²) < 4.78 is 10.3. The Morgan fingerprint density at radius 3 is 1.26 bits per heavy atom.